The Kier molecular flexibility index (Phi) is 6.81. The van der Waals surface area contributed by atoms with Crippen LogP contribution < -0.4 is 5.32 Å². The van der Waals surface area contributed by atoms with E-state index in [1.54, 1.807) is 17.5 Å². The van der Waals surface area contributed by atoms with Crippen LogP contribution in [0.2, 0.25) is 0 Å². The lowest BCUT2D eigenvalue weighted by molar-refractivity contribution is 0.0956. The third-order valence-electron chi connectivity index (χ3n) is 4.35. The lowest BCUT2D eigenvalue weighted by Gasteiger charge is -2.26. The molecule has 6 heteroatoms. The number of thiophene rings is 1. The van der Waals surface area contributed by atoms with E-state index in [9.17, 15) is 4.79 Å². The molecule has 0 aliphatic carbocycles. The second-order valence-electron chi connectivity index (χ2n) is 6.23. The highest BCUT2D eigenvalue weighted by atomic mass is 32.1. The van der Waals surface area contributed by atoms with Gasteiger partial charge in [0.05, 0.1) is 11.1 Å². The molecule has 3 rings (SSSR count). The van der Waals surface area contributed by atoms with Gasteiger partial charge in [0.1, 0.15) is 9.88 Å². The van der Waals surface area contributed by atoms with E-state index in [0.717, 1.165) is 22.9 Å². The van der Waals surface area contributed by atoms with E-state index in [2.05, 4.69) is 15.2 Å². The molecule has 2 aromatic heterocycles. The predicted octanol–water partition coefficient (Wildman–Crippen LogP) is 4.26. The molecule has 24 heavy (non-hydrogen) atoms. The van der Waals surface area contributed by atoms with Crippen LogP contribution in [-0.4, -0.2) is 42.0 Å². The van der Waals surface area contributed by atoms with Gasteiger partial charge >= 0.3 is 0 Å². The lowest BCUT2D eigenvalue weighted by atomic mass is 10.1. The van der Waals surface area contributed by atoms with Crippen LogP contribution in [0.3, 0.4) is 0 Å². The van der Waals surface area contributed by atoms with Crippen LogP contribution in [0.5, 0.6) is 0 Å². The summed E-state index contributed by atoms with van der Waals surface area (Å²) in [6.45, 7) is 4.52. The van der Waals surface area contributed by atoms with Gasteiger partial charge in [0.2, 0.25) is 0 Å². The fraction of sp³-hybridized carbons (Fsp3) is 0.556. The zero-order valence-corrected chi connectivity index (χ0v) is 15.6. The number of thiazole rings is 1. The predicted molar refractivity (Wildman–Crippen MR) is 102 cm³/mol. The van der Waals surface area contributed by atoms with Crippen LogP contribution in [0.1, 0.15) is 48.2 Å². The monoisotopic (exact) mass is 363 g/mol. The van der Waals surface area contributed by atoms with E-state index in [1.165, 1.54) is 63.1 Å². The highest BCUT2D eigenvalue weighted by Crippen LogP contribution is 2.28. The van der Waals surface area contributed by atoms with Gasteiger partial charge in [-0.25, -0.2) is 4.98 Å². The molecule has 1 saturated heterocycles. The van der Waals surface area contributed by atoms with Gasteiger partial charge in [0.25, 0.3) is 5.91 Å². The molecule has 1 aliphatic heterocycles. The van der Waals surface area contributed by atoms with Crippen molar-refractivity contribution in [2.75, 3.05) is 26.2 Å². The molecule has 4 nitrogen and oxygen atoms in total. The van der Waals surface area contributed by atoms with Crippen LogP contribution in [0, 0.1) is 0 Å². The van der Waals surface area contributed by atoms with Crippen molar-refractivity contribution in [1.29, 1.82) is 0 Å². The topological polar surface area (TPSA) is 45.2 Å². The Balaban J connectivity index is 1.31. The van der Waals surface area contributed by atoms with Crippen molar-refractivity contribution in [2.24, 2.45) is 0 Å². The van der Waals surface area contributed by atoms with Gasteiger partial charge in [-0.2, -0.15) is 0 Å². The molecule has 3 heterocycles. The van der Waals surface area contributed by atoms with Crippen LogP contribution in [0.15, 0.2) is 23.7 Å². The van der Waals surface area contributed by atoms with E-state index in [4.69, 9.17) is 0 Å². The molecule has 130 valence electrons. The number of nitrogens with zero attached hydrogens (tertiary/aromatic N) is 2. The lowest BCUT2D eigenvalue weighted by Crippen LogP contribution is -2.30. The standard InChI is InChI=1S/C18H25N3OS2/c22-17(16-14-20-18(24-16)15-8-7-13-23-15)19-9-3-1-4-10-21-11-5-2-6-12-21/h7-8,13-14H,1-6,9-12H2,(H,19,22). The molecule has 0 spiro atoms. The first-order chi connectivity index (χ1) is 11.8. The number of unbranched alkanes of at least 4 members (excludes halogenated alkanes) is 2. The number of hydrogen-bond donors (Lipinski definition) is 1. The SMILES string of the molecule is O=C(NCCCCCN1CCCCC1)c1cnc(-c2cccs2)s1. The maximum absolute atomic E-state index is 12.2. The summed E-state index contributed by atoms with van der Waals surface area (Å²) >= 11 is 3.12. The molecule has 0 atom stereocenters. The highest BCUT2D eigenvalue weighted by Gasteiger charge is 2.12. The molecular formula is C18H25N3OS2. The summed E-state index contributed by atoms with van der Waals surface area (Å²) in [6.07, 6.45) is 9.27. The summed E-state index contributed by atoms with van der Waals surface area (Å²) < 4.78 is 0. The number of piperidine rings is 1. The molecule has 1 amide bonds. The summed E-state index contributed by atoms with van der Waals surface area (Å²) in [7, 11) is 0. The van der Waals surface area contributed by atoms with E-state index >= 15 is 0 Å². The normalized spacial score (nSPS) is 15.5. The molecular weight excluding hydrogens is 338 g/mol. The van der Waals surface area contributed by atoms with Crippen molar-refractivity contribution in [2.45, 2.75) is 38.5 Å². The first-order valence-electron chi connectivity index (χ1n) is 8.83. The fourth-order valence-electron chi connectivity index (χ4n) is 3.00. The number of rotatable bonds is 8. The number of carbonyl (C=O) groups excluding carboxylic acids is 1. The van der Waals surface area contributed by atoms with Crippen molar-refractivity contribution in [3.63, 3.8) is 0 Å². The number of nitrogens with one attached hydrogen (secondary N) is 1. The van der Waals surface area contributed by atoms with Crippen LogP contribution >= 0.6 is 22.7 Å². The molecule has 0 bridgehead atoms. The number of hydrogen-bond acceptors (Lipinski definition) is 5. The molecule has 0 saturated carbocycles. The zero-order valence-electron chi connectivity index (χ0n) is 14.0. The maximum Gasteiger partial charge on any atom is 0.263 e. The Labute approximate surface area is 151 Å². The first-order valence-corrected chi connectivity index (χ1v) is 10.5. The van der Waals surface area contributed by atoms with Crippen LogP contribution in [-0.2, 0) is 0 Å². The Morgan fingerprint density at radius 2 is 2.08 bits per heavy atom. The van der Waals surface area contributed by atoms with Crippen LogP contribution in [0.25, 0.3) is 9.88 Å². The summed E-state index contributed by atoms with van der Waals surface area (Å²) in [5.41, 5.74) is 0. The van der Waals surface area contributed by atoms with Gasteiger partial charge < -0.3 is 10.2 Å². The Bertz CT molecular complexity index is 618. The summed E-state index contributed by atoms with van der Waals surface area (Å²) in [5.74, 6) is 0.00587. The van der Waals surface area contributed by atoms with Gasteiger partial charge in [0, 0.05) is 6.54 Å². The molecule has 0 unspecified atom stereocenters. The Morgan fingerprint density at radius 1 is 1.21 bits per heavy atom. The zero-order chi connectivity index (χ0) is 16.6. The van der Waals surface area contributed by atoms with Gasteiger partial charge in [0.15, 0.2) is 0 Å². The average Bonchev–Trinajstić information content (AvgIpc) is 3.29. The van der Waals surface area contributed by atoms with E-state index in [0.29, 0.717) is 4.88 Å². The van der Waals surface area contributed by atoms with E-state index in [1.807, 2.05) is 17.5 Å². The second kappa shape index (κ2) is 9.30. The van der Waals surface area contributed by atoms with Gasteiger partial charge in [-0.15, -0.1) is 22.7 Å². The molecule has 1 fully saturated rings. The second-order valence-corrected chi connectivity index (χ2v) is 8.20. The minimum absolute atomic E-state index is 0.00587. The third kappa shape index (κ3) is 5.13. The molecule has 0 aromatic carbocycles. The van der Waals surface area contributed by atoms with E-state index in [-0.39, 0.29) is 5.91 Å². The molecule has 0 radical (unpaired) electrons. The largest absolute Gasteiger partial charge is 0.351 e. The van der Waals surface area contributed by atoms with Crippen molar-refractivity contribution >= 4 is 28.6 Å². The van der Waals surface area contributed by atoms with Gasteiger partial charge in [-0.3, -0.25) is 4.79 Å². The maximum atomic E-state index is 12.2. The average molecular weight is 364 g/mol. The fourth-order valence-corrected chi connectivity index (χ4v) is 4.64. The number of likely N-dealkylation sites (tertiary alicyclic amines) is 1. The Morgan fingerprint density at radius 3 is 2.88 bits per heavy atom. The minimum atomic E-state index is 0.00587. The number of carbonyl (C=O) groups is 1. The molecule has 1 N–H and O–H groups in total. The Hall–Kier alpha value is -1.24. The number of aromatic nitrogens is 1. The van der Waals surface area contributed by atoms with E-state index < -0.39 is 0 Å². The number of amides is 1. The van der Waals surface area contributed by atoms with Gasteiger partial charge in [-0.05, 0) is 56.8 Å². The quantitative estimate of drug-likeness (QED) is 0.713. The summed E-state index contributed by atoms with van der Waals surface area (Å²) in [4.78, 5) is 20.9. The van der Waals surface area contributed by atoms with Crippen molar-refractivity contribution in [1.82, 2.24) is 15.2 Å². The van der Waals surface area contributed by atoms with Crippen LogP contribution in [0.4, 0.5) is 0 Å². The molecule has 2 aromatic rings. The summed E-state index contributed by atoms with van der Waals surface area (Å²) in [6, 6.07) is 4.04. The first kappa shape index (κ1) is 17.6. The highest BCUT2D eigenvalue weighted by molar-refractivity contribution is 7.21. The summed E-state index contributed by atoms with van der Waals surface area (Å²) in [5, 5.41) is 5.97. The smallest absolute Gasteiger partial charge is 0.263 e. The van der Waals surface area contributed by atoms with Crippen molar-refractivity contribution in [3.8, 4) is 9.88 Å². The minimum Gasteiger partial charge on any atom is -0.351 e. The van der Waals surface area contributed by atoms with Crippen molar-refractivity contribution in [3.05, 3.63) is 28.6 Å². The van der Waals surface area contributed by atoms with Crippen molar-refractivity contribution < 1.29 is 4.79 Å². The molecule has 1 aliphatic rings. The third-order valence-corrected chi connectivity index (χ3v) is 6.38. The van der Waals surface area contributed by atoms with Gasteiger partial charge in [-0.1, -0.05) is 18.9 Å².